The molecule has 1 atom stereocenters. The van der Waals surface area contributed by atoms with E-state index in [1.807, 2.05) is 32.9 Å². The predicted octanol–water partition coefficient (Wildman–Crippen LogP) is 4.32. The van der Waals surface area contributed by atoms with Gasteiger partial charge in [-0.2, -0.15) is 0 Å². The number of rotatable bonds is 4. The van der Waals surface area contributed by atoms with Crippen molar-refractivity contribution in [3.63, 3.8) is 0 Å². The minimum Gasteiger partial charge on any atom is -0.508 e. The SMILES string of the molecule is COc1cc(O)cc(C2SCC(=O)N2c2cc(C(C)C)c(O)cc2C)c1. The van der Waals surface area contributed by atoms with Crippen LogP contribution in [0.1, 0.15) is 41.8 Å². The van der Waals surface area contributed by atoms with E-state index < -0.39 is 0 Å². The highest BCUT2D eigenvalue weighted by Gasteiger charge is 2.35. The zero-order chi connectivity index (χ0) is 19.0. The summed E-state index contributed by atoms with van der Waals surface area (Å²) in [7, 11) is 1.54. The number of nitrogens with zero attached hydrogens (tertiary/aromatic N) is 1. The van der Waals surface area contributed by atoms with E-state index in [1.54, 1.807) is 24.1 Å². The topological polar surface area (TPSA) is 70.0 Å². The standard InChI is InChI=1S/C20H23NO4S/c1-11(2)16-9-17(12(3)5-18(16)23)21-19(24)10-26-20(21)13-6-14(22)8-15(7-13)25-4/h5-9,11,20,22-23H,10H2,1-4H3. The average molecular weight is 373 g/mol. The van der Waals surface area contributed by atoms with Gasteiger partial charge in [-0.25, -0.2) is 0 Å². The van der Waals surface area contributed by atoms with E-state index in [9.17, 15) is 15.0 Å². The number of carbonyl (C=O) groups excluding carboxylic acids is 1. The summed E-state index contributed by atoms with van der Waals surface area (Å²) in [4.78, 5) is 14.4. The Balaban J connectivity index is 2.10. The van der Waals surface area contributed by atoms with Gasteiger partial charge in [0.15, 0.2) is 0 Å². The van der Waals surface area contributed by atoms with Gasteiger partial charge in [-0.15, -0.1) is 11.8 Å². The lowest BCUT2D eigenvalue weighted by molar-refractivity contribution is -0.115. The molecule has 1 aliphatic heterocycles. The third-order valence-electron chi connectivity index (χ3n) is 4.53. The largest absolute Gasteiger partial charge is 0.508 e. The highest BCUT2D eigenvalue weighted by molar-refractivity contribution is 8.00. The number of hydrogen-bond donors (Lipinski definition) is 2. The number of anilines is 1. The molecular weight excluding hydrogens is 350 g/mol. The molecule has 1 aliphatic rings. The molecule has 1 amide bonds. The fourth-order valence-corrected chi connectivity index (χ4v) is 4.36. The monoisotopic (exact) mass is 373 g/mol. The molecule has 0 saturated carbocycles. The van der Waals surface area contributed by atoms with Crippen LogP contribution in [0.2, 0.25) is 0 Å². The molecule has 1 fully saturated rings. The summed E-state index contributed by atoms with van der Waals surface area (Å²) in [6, 6.07) is 8.64. The fourth-order valence-electron chi connectivity index (χ4n) is 3.22. The Morgan fingerprint density at radius 1 is 1.19 bits per heavy atom. The van der Waals surface area contributed by atoms with E-state index in [-0.39, 0.29) is 28.7 Å². The number of benzene rings is 2. The molecule has 5 nitrogen and oxygen atoms in total. The van der Waals surface area contributed by atoms with Crippen molar-refractivity contribution in [2.75, 3.05) is 17.8 Å². The number of aryl methyl sites for hydroxylation is 1. The van der Waals surface area contributed by atoms with Gasteiger partial charge < -0.3 is 14.9 Å². The first kappa shape index (κ1) is 18.5. The number of hydrogen-bond acceptors (Lipinski definition) is 5. The van der Waals surface area contributed by atoms with Crippen molar-refractivity contribution in [2.45, 2.75) is 32.1 Å². The number of ether oxygens (including phenoxy) is 1. The van der Waals surface area contributed by atoms with Gasteiger partial charge >= 0.3 is 0 Å². The molecule has 1 saturated heterocycles. The average Bonchev–Trinajstić information content (AvgIpc) is 2.95. The second kappa shape index (κ2) is 7.11. The molecule has 1 heterocycles. The van der Waals surface area contributed by atoms with Crippen molar-refractivity contribution in [3.05, 3.63) is 47.0 Å². The van der Waals surface area contributed by atoms with Gasteiger partial charge in [0.1, 0.15) is 22.6 Å². The van der Waals surface area contributed by atoms with Gasteiger partial charge in [0.25, 0.3) is 0 Å². The number of amides is 1. The maximum atomic E-state index is 12.7. The third kappa shape index (κ3) is 3.33. The van der Waals surface area contributed by atoms with Crippen LogP contribution in [0.4, 0.5) is 5.69 Å². The van der Waals surface area contributed by atoms with Crippen LogP contribution in [0.25, 0.3) is 0 Å². The lowest BCUT2D eigenvalue weighted by atomic mass is 9.98. The van der Waals surface area contributed by atoms with Crippen molar-refractivity contribution in [1.82, 2.24) is 0 Å². The molecule has 138 valence electrons. The van der Waals surface area contributed by atoms with Crippen LogP contribution in [-0.2, 0) is 4.79 Å². The molecule has 2 aromatic carbocycles. The second-order valence-electron chi connectivity index (χ2n) is 6.74. The lowest BCUT2D eigenvalue weighted by Gasteiger charge is -2.27. The zero-order valence-electron chi connectivity index (χ0n) is 15.3. The van der Waals surface area contributed by atoms with E-state index in [0.717, 1.165) is 22.4 Å². The Morgan fingerprint density at radius 3 is 2.58 bits per heavy atom. The summed E-state index contributed by atoms with van der Waals surface area (Å²) in [6.07, 6.45) is 0. The molecule has 0 aliphatic carbocycles. The molecule has 1 unspecified atom stereocenters. The molecule has 0 aromatic heterocycles. The van der Waals surface area contributed by atoms with E-state index in [1.165, 1.54) is 17.8 Å². The zero-order valence-corrected chi connectivity index (χ0v) is 16.1. The summed E-state index contributed by atoms with van der Waals surface area (Å²) >= 11 is 1.51. The van der Waals surface area contributed by atoms with Crippen molar-refractivity contribution in [1.29, 1.82) is 0 Å². The molecule has 6 heteroatoms. The van der Waals surface area contributed by atoms with Crippen LogP contribution in [0.3, 0.4) is 0 Å². The highest BCUT2D eigenvalue weighted by Crippen LogP contribution is 2.46. The Morgan fingerprint density at radius 2 is 1.92 bits per heavy atom. The Labute approximate surface area is 157 Å². The molecule has 0 radical (unpaired) electrons. The van der Waals surface area contributed by atoms with Crippen molar-refractivity contribution in [3.8, 4) is 17.2 Å². The molecule has 2 N–H and O–H groups in total. The maximum Gasteiger partial charge on any atom is 0.238 e. The van der Waals surface area contributed by atoms with Crippen LogP contribution in [0.5, 0.6) is 17.2 Å². The number of thioether (sulfide) groups is 1. The van der Waals surface area contributed by atoms with Gasteiger partial charge in [0.05, 0.1) is 12.9 Å². The summed E-state index contributed by atoms with van der Waals surface area (Å²) in [5.41, 5.74) is 3.23. The first-order valence-electron chi connectivity index (χ1n) is 8.47. The number of methoxy groups -OCH3 is 1. The van der Waals surface area contributed by atoms with Gasteiger partial charge in [-0.05, 0) is 53.8 Å². The van der Waals surface area contributed by atoms with Crippen molar-refractivity contribution in [2.24, 2.45) is 0 Å². The summed E-state index contributed by atoms with van der Waals surface area (Å²) in [5, 5.41) is 20.0. The van der Waals surface area contributed by atoms with E-state index in [0.29, 0.717) is 11.5 Å². The molecule has 2 aromatic rings. The Hall–Kier alpha value is -2.34. The van der Waals surface area contributed by atoms with Crippen molar-refractivity contribution < 1.29 is 19.7 Å². The summed E-state index contributed by atoms with van der Waals surface area (Å²) in [6.45, 7) is 5.90. The number of carbonyl (C=O) groups is 1. The Bertz CT molecular complexity index is 850. The highest BCUT2D eigenvalue weighted by atomic mass is 32.2. The maximum absolute atomic E-state index is 12.7. The fraction of sp³-hybridized carbons (Fsp3) is 0.350. The normalized spacial score (nSPS) is 17.2. The van der Waals surface area contributed by atoms with E-state index in [2.05, 4.69) is 0 Å². The third-order valence-corrected chi connectivity index (χ3v) is 5.74. The van der Waals surface area contributed by atoms with Crippen LogP contribution < -0.4 is 9.64 Å². The molecular formula is C20H23NO4S. The van der Waals surface area contributed by atoms with Gasteiger partial charge in [0.2, 0.25) is 5.91 Å². The van der Waals surface area contributed by atoms with Gasteiger partial charge in [-0.1, -0.05) is 13.8 Å². The predicted molar refractivity (Wildman–Crippen MR) is 104 cm³/mol. The number of aromatic hydroxyl groups is 2. The van der Waals surface area contributed by atoms with Gasteiger partial charge in [-0.3, -0.25) is 9.69 Å². The van der Waals surface area contributed by atoms with Gasteiger partial charge in [0, 0.05) is 11.8 Å². The van der Waals surface area contributed by atoms with Crippen molar-refractivity contribution >= 4 is 23.4 Å². The Kier molecular flexibility index (Phi) is 5.05. The summed E-state index contributed by atoms with van der Waals surface area (Å²) < 4.78 is 5.25. The minimum absolute atomic E-state index is 0.00538. The molecule has 3 rings (SSSR count). The molecule has 0 spiro atoms. The lowest BCUT2D eigenvalue weighted by Crippen LogP contribution is -2.28. The smallest absolute Gasteiger partial charge is 0.238 e. The molecule has 26 heavy (non-hydrogen) atoms. The molecule has 0 bridgehead atoms. The first-order chi connectivity index (χ1) is 12.3. The van der Waals surface area contributed by atoms with Crippen LogP contribution >= 0.6 is 11.8 Å². The van der Waals surface area contributed by atoms with E-state index >= 15 is 0 Å². The number of phenols is 2. The van der Waals surface area contributed by atoms with E-state index in [4.69, 9.17) is 4.74 Å². The summed E-state index contributed by atoms with van der Waals surface area (Å²) in [5.74, 6) is 1.40. The van der Waals surface area contributed by atoms with Crippen LogP contribution in [0, 0.1) is 6.92 Å². The second-order valence-corrected chi connectivity index (χ2v) is 7.81. The van der Waals surface area contributed by atoms with Crippen LogP contribution in [-0.4, -0.2) is 29.0 Å². The number of phenolic OH excluding ortho intramolecular Hbond substituents is 2. The minimum atomic E-state index is -0.258. The van der Waals surface area contributed by atoms with Crippen LogP contribution in [0.15, 0.2) is 30.3 Å². The first-order valence-corrected chi connectivity index (χ1v) is 9.51. The quantitative estimate of drug-likeness (QED) is 0.835.